The molecule has 0 aliphatic heterocycles. The molecule has 0 radical (unpaired) electrons. The van der Waals surface area contributed by atoms with Crippen molar-refractivity contribution in [2.45, 2.75) is 26.4 Å². The summed E-state index contributed by atoms with van der Waals surface area (Å²) in [5.41, 5.74) is 8.31. The highest BCUT2D eigenvalue weighted by Crippen LogP contribution is 2.09. The van der Waals surface area contributed by atoms with E-state index in [1.165, 1.54) is 11.1 Å². The molecule has 0 saturated carbocycles. The van der Waals surface area contributed by atoms with E-state index >= 15 is 0 Å². The molecule has 0 spiro atoms. The third kappa shape index (κ3) is 4.03. The van der Waals surface area contributed by atoms with Crippen LogP contribution in [0.15, 0.2) is 36.5 Å². The van der Waals surface area contributed by atoms with Crippen molar-refractivity contribution in [3.63, 3.8) is 0 Å². The Labute approximate surface area is 114 Å². The quantitative estimate of drug-likeness (QED) is 0.891. The van der Waals surface area contributed by atoms with Crippen LogP contribution < -0.4 is 5.73 Å². The molecule has 0 unspecified atom stereocenters. The van der Waals surface area contributed by atoms with Gasteiger partial charge >= 0.3 is 0 Å². The molecule has 1 aromatic carbocycles. The van der Waals surface area contributed by atoms with Crippen LogP contribution >= 0.6 is 0 Å². The Morgan fingerprint density at radius 1 is 1.05 bits per heavy atom. The van der Waals surface area contributed by atoms with Gasteiger partial charge in [0.1, 0.15) is 11.6 Å². The molecule has 100 valence electrons. The molecule has 0 aliphatic rings. The van der Waals surface area contributed by atoms with E-state index in [9.17, 15) is 0 Å². The van der Waals surface area contributed by atoms with E-state index in [-0.39, 0.29) is 0 Å². The second-order valence-corrected chi connectivity index (χ2v) is 4.74. The lowest BCUT2D eigenvalue weighted by Crippen LogP contribution is -2.19. The van der Waals surface area contributed by atoms with Crippen molar-refractivity contribution >= 4 is 5.82 Å². The number of nitrogens with two attached hydrogens (primary N) is 1. The lowest BCUT2D eigenvalue weighted by Gasteiger charge is -2.16. The number of nitrogens with zero attached hydrogens (tertiary/aromatic N) is 3. The molecule has 19 heavy (non-hydrogen) atoms. The van der Waals surface area contributed by atoms with Gasteiger partial charge in [0.2, 0.25) is 0 Å². The first-order valence-corrected chi connectivity index (χ1v) is 6.51. The number of hydrogen-bond acceptors (Lipinski definition) is 4. The Hall–Kier alpha value is -1.94. The summed E-state index contributed by atoms with van der Waals surface area (Å²) in [5, 5.41) is 0. The van der Waals surface area contributed by atoms with E-state index < -0.39 is 0 Å². The summed E-state index contributed by atoms with van der Waals surface area (Å²) in [6.45, 7) is 3.74. The van der Waals surface area contributed by atoms with Crippen LogP contribution in [0, 0.1) is 0 Å². The zero-order valence-corrected chi connectivity index (χ0v) is 11.5. The topological polar surface area (TPSA) is 55.0 Å². The van der Waals surface area contributed by atoms with Crippen LogP contribution in [-0.2, 0) is 19.5 Å². The van der Waals surface area contributed by atoms with Gasteiger partial charge in [-0.15, -0.1) is 0 Å². The first-order valence-electron chi connectivity index (χ1n) is 6.51. The predicted molar refractivity (Wildman–Crippen MR) is 77.4 cm³/mol. The first-order chi connectivity index (χ1) is 9.17. The Morgan fingerprint density at radius 2 is 1.74 bits per heavy atom. The fourth-order valence-corrected chi connectivity index (χ4v) is 1.98. The molecule has 0 atom stereocenters. The van der Waals surface area contributed by atoms with Crippen molar-refractivity contribution in [2.24, 2.45) is 0 Å². The lowest BCUT2D eigenvalue weighted by molar-refractivity contribution is 0.310. The number of aryl methyl sites for hydroxylation is 1. The van der Waals surface area contributed by atoms with Gasteiger partial charge in [0.15, 0.2) is 0 Å². The average Bonchev–Trinajstić information content (AvgIpc) is 2.39. The smallest absolute Gasteiger partial charge is 0.144 e. The second kappa shape index (κ2) is 6.29. The standard InChI is InChI=1S/C15H20N4/c1-3-12-4-6-13(7-5-12)10-19(2)11-15-17-9-8-14(16)18-15/h4-9H,3,10-11H2,1-2H3,(H2,16,17,18). The minimum absolute atomic E-state index is 0.519. The van der Waals surface area contributed by atoms with E-state index in [1.807, 2.05) is 0 Å². The lowest BCUT2D eigenvalue weighted by atomic mass is 10.1. The van der Waals surface area contributed by atoms with Gasteiger partial charge in [0.25, 0.3) is 0 Å². The van der Waals surface area contributed by atoms with Gasteiger partial charge in [0, 0.05) is 12.7 Å². The van der Waals surface area contributed by atoms with E-state index in [1.54, 1.807) is 12.3 Å². The molecule has 0 saturated heterocycles. The normalized spacial score (nSPS) is 10.9. The van der Waals surface area contributed by atoms with Crippen LogP contribution in [0.5, 0.6) is 0 Å². The van der Waals surface area contributed by atoms with Gasteiger partial charge in [-0.3, -0.25) is 4.90 Å². The summed E-state index contributed by atoms with van der Waals surface area (Å²) in [4.78, 5) is 10.6. The highest BCUT2D eigenvalue weighted by molar-refractivity contribution is 5.25. The van der Waals surface area contributed by atoms with E-state index in [0.717, 1.165) is 18.8 Å². The molecule has 0 fully saturated rings. The zero-order chi connectivity index (χ0) is 13.7. The monoisotopic (exact) mass is 256 g/mol. The fraction of sp³-hybridized carbons (Fsp3) is 0.333. The summed E-state index contributed by atoms with van der Waals surface area (Å²) in [5.74, 6) is 1.28. The molecule has 0 amide bonds. The van der Waals surface area contributed by atoms with Crippen LogP contribution in [0.25, 0.3) is 0 Å². The van der Waals surface area contributed by atoms with Gasteiger partial charge in [-0.25, -0.2) is 9.97 Å². The minimum Gasteiger partial charge on any atom is -0.384 e. The number of aromatic nitrogens is 2. The van der Waals surface area contributed by atoms with Gasteiger partial charge < -0.3 is 5.73 Å². The Kier molecular flexibility index (Phi) is 4.47. The zero-order valence-electron chi connectivity index (χ0n) is 11.5. The van der Waals surface area contributed by atoms with Gasteiger partial charge in [-0.05, 0) is 30.7 Å². The van der Waals surface area contributed by atoms with Crippen LogP contribution in [0.1, 0.15) is 23.9 Å². The number of hydrogen-bond donors (Lipinski definition) is 1. The van der Waals surface area contributed by atoms with Gasteiger partial charge in [-0.1, -0.05) is 31.2 Å². The second-order valence-electron chi connectivity index (χ2n) is 4.74. The molecule has 4 nitrogen and oxygen atoms in total. The Morgan fingerprint density at radius 3 is 2.37 bits per heavy atom. The average molecular weight is 256 g/mol. The summed E-state index contributed by atoms with van der Waals surface area (Å²) >= 11 is 0. The Bertz CT molecular complexity index is 522. The number of nitrogen functional groups attached to an aromatic ring is 1. The van der Waals surface area contributed by atoms with Crippen molar-refractivity contribution in [3.8, 4) is 0 Å². The van der Waals surface area contributed by atoms with Crippen molar-refractivity contribution < 1.29 is 0 Å². The third-order valence-corrected chi connectivity index (χ3v) is 3.02. The predicted octanol–water partition coefficient (Wildman–Crippen LogP) is 2.25. The fourth-order valence-electron chi connectivity index (χ4n) is 1.98. The molecule has 0 bridgehead atoms. The van der Waals surface area contributed by atoms with Crippen LogP contribution in [0.4, 0.5) is 5.82 Å². The summed E-state index contributed by atoms with van der Waals surface area (Å²) in [6, 6.07) is 10.4. The molecule has 1 heterocycles. The molecule has 2 aromatic rings. The maximum atomic E-state index is 5.65. The van der Waals surface area contributed by atoms with Crippen LogP contribution in [0.2, 0.25) is 0 Å². The molecule has 4 heteroatoms. The van der Waals surface area contributed by atoms with E-state index in [2.05, 4.69) is 53.1 Å². The van der Waals surface area contributed by atoms with Crippen LogP contribution in [-0.4, -0.2) is 21.9 Å². The highest BCUT2D eigenvalue weighted by Gasteiger charge is 2.04. The maximum absolute atomic E-state index is 5.65. The molecule has 2 rings (SSSR count). The number of anilines is 1. The number of benzene rings is 1. The summed E-state index contributed by atoms with van der Waals surface area (Å²) in [7, 11) is 2.06. The molecule has 0 aliphatic carbocycles. The number of rotatable bonds is 5. The largest absolute Gasteiger partial charge is 0.384 e. The van der Waals surface area contributed by atoms with Crippen LogP contribution in [0.3, 0.4) is 0 Å². The molecule has 1 aromatic heterocycles. The summed E-state index contributed by atoms with van der Waals surface area (Å²) in [6.07, 6.45) is 2.77. The third-order valence-electron chi connectivity index (χ3n) is 3.02. The summed E-state index contributed by atoms with van der Waals surface area (Å²) < 4.78 is 0. The molecular weight excluding hydrogens is 236 g/mol. The van der Waals surface area contributed by atoms with E-state index in [0.29, 0.717) is 12.4 Å². The highest BCUT2D eigenvalue weighted by atomic mass is 15.1. The molecule has 2 N–H and O–H groups in total. The molecular formula is C15H20N4. The van der Waals surface area contributed by atoms with E-state index in [4.69, 9.17) is 5.73 Å². The van der Waals surface area contributed by atoms with Crippen molar-refractivity contribution in [3.05, 3.63) is 53.5 Å². The van der Waals surface area contributed by atoms with Crippen molar-refractivity contribution in [2.75, 3.05) is 12.8 Å². The SMILES string of the molecule is CCc1ccc(CN(C)Cc2nccc(N)n2)cc1. The van der Waals surface area contributed by atoms with Crippen molar-refractivity contribution in [1.29, 1.82) is 0 Å². The van der Waals surface area contributed by atoms with Crippen molar-refractivity contribution in [1.82, 2.24) is 14.9 Å². The maximum Gasteiger partial charge on any atom is 0.144 e. The van der Waals surface area contributed by atoms with Gasteiger partial charge in [0.05, 0.1) is 6.54 Å². The van der Waals surface area contributed by atoms with Gasteiger partial charge in [-0.2, -0.15) is 0 Å². The first kappa shape index (κ1) is 13.5. The minimum atomic E-state index is 0.519. The Balaban J connectivity index is 1.95.